The molecule has 1 aliphatic heterocycles. The number of Topliss-reactive ketones (excluding diaryl/α,β-unsaturated/α-hetero) is 1. The number of aryl methyl sites for hydroxylation is 1. The van der Waals surface area contributed by atoms with E-state index in [4.69, 9.17) is 9.72 Å². The van der Waals surface area contributed by atoms with Gasteiger partial charge in [0.15, 0.2) is 10.9 Å². The lowest BCUT2D eigenvalue weighted by molar-refractivity contribution is -0.132. The summed E-state index contributed by atoms with van der Waals surface area (Å²) in [4.78, 5) is 38.1. The van der Waals surface area contributed by atoms with E-state index in [9.17, 15) is 14.7 Å². The Labute approximate surface area is 235 Å². The Hall–Kier alpha value is -4.50. The molecular formula is C31H28N4O4S. The highest BCUT2D eigenvalue weighted by molar-refractivity contribution is 7.22. The highest BCUT2D eigenvalue weighted by atomic mass is 32.1. The molecule has 1 saturated heterocycles. The highest BCUT2D eigenvalue weighted by Crippen LogP contribution is 2.45. The number of anilines is 1. The lowest BCUT2D eigenvalue weighted by Gasteiger charge is -2.24. The van der Waals surface area contributed by atoms with Crippen LogP contribution in [0, 0.1) is 6.92 Å². The minimum absolute atomic E-state index is 0.000835. The minimum Gasteiger partial charge on any atom is -0.505 e. The van der Waals surface area contributed by atoms with Crippen LogP contribution in [0.1, 0.15) is 49.3 Å². The Morgan fingerprint density at radius 2 is 1.77 bits per heavy atom. The third kappa shape index (κ3) is 4.05. The fourth-order valence-electron chi connectivity index (χ4n) is 5.16. The molecule has 0 radical (unpaired) electrons. The molecule has 0 spiro atoms. The van der Waals surface area contributed by atoms with Crippen LogP contribution in [0.5, 0.6) is 5.75 Å². The molecule has 1 aliphatic rings. The summed E-state index contributed by atoms with van der Waals surface area (Å²) < 4.78 is 7.90. The molecule has 0 saturated carbocycles. The summed E-state index contributed by atoms with van der Waals surface area (Å²) in [6.07, 6.45) is 1.77. The molecule has 1 amide bonds. The number of imidazole rings is 1. The van der Waals surface area contributed by atoms with Crippen LogP contribution < -0.4 is 9.64 Å². The third-order valence-corrected chi connectivity index (χ3v) is 8.27. The summed E-state index contributed by atoms with van der Waals surface area (Å²) in [7, 11) is 1.59. The molecule has 0 bridgehead atoms. The van der Waals surface area contributed by atoms with Crippen molar-refractivity contribution in [2.24, 2.45) is 0 Å². The van der Waals surface area contributed by atoms with Crippen molar-refractivity contribution in [3.8, 4) is 5.75 Å². The van der Waals surface area contributed by atoms with Gasteiger partial charge in [-0.25, -0.2) is 9.97 Å². The van der Waals surface area contributed by atoms with Gasteiger partial charge in [-0.3, -0.25) is 18.9 Å². The number of pyridine rings is 1. The lowest BCUT2D eigenvalue weighted by Crippen LogP contribution is -2.29. The number of aliphatic hydroxyl groups is 1. The van der Waals surface area contributed by atoms with Crippen molar-refractivity contribution in [3.05, 3.63) is 94.9 Å². The van der Waals surface area contributed by atoms with Gasteiger partial charge in [0.1, 0.15) is 17.1 Å². The van der Waals surface area contributed by atoms with E-state index in [1.165, 1.54) is 16.2 Å². The van der Waals surface area contributed by atoms with Gasteiger partial charge in [0, 0.05) is 6.20 Å². The van der Waals surface area contributed by atoms with Crippen molar-refractivity contribution in [3.63, 3.8) is 0 Å². The van der Waals surface area contributed by atoms with Gasteiger partial charge in [0.2, 0.25) is 0 Å². The fraction of sp³-hybridized carbons (Fsp3) is 0.226. The van der Waals surface area contributed by atoms with Crippen LogP contribution in [0.25, 0.3) is 21.6 Å². The molecule has 4 heterocycles. The maximum Gasteiger partial charge on any atom is 0.301 e. The summed E-state index contributed by atoms with van der Waals surface area (Å²) in [6.45, 7) is 8.14. The predicted octanol–water partition coefficient (Wildman–Crippen LogP) is 6.18. The zero-order valence-electron chi connectivity index (χ0n) is 22.8. The topological polar surface area (TPSA) is 97.0 Å². The van der Waals surface area contributed by atoms with Gasteiger partial charge in [-0.1, -0.05) is 62.4 Å². The SMILES string of the molecule is COc1ccc2nc(N3C(=O)C(=O)/C(=C(/O)c4c(C)nc5ccccn45)C3c3ccc(C(C)(C)C)cc3)sc2c1. The Morgan fingerprint density at radius 3 is 2.48 bits per heavy atom. The van der Waals surface area contributed by atoms with Crippen LogP contribution in [0.15, 0.2) is 72.4 Å². The van der Waals surface area contributed by atoms with Gasteiger partial charge in [-0.15, -0.1) is 0 Å². The number of hydrogen-bond donors (Lipinski definition) is 1. The van der Waals surface area contributed by atoms with Crippen LogP contribution in [-0.4, -0.2) is 38.3 Å². The third-order valence-electron chi connectivity index (χ3n) is 7.26. The Bertz CT molecular complexity index is 1840. The summed E-state index contributed by atoms with van der Waals surface area (Å²) in [6, 6.07) is 17.9. The van der Waals surface area contributed by atoms with Crippen molar-refractivity contribution in [2.75, 3.05) is 12.0 Å². The largest absolute Gasteiger partial charge is 0.505 e. The van der Waals surface area contributed by atoms with E-state index in [1.807, 2.05) is 54.6 Å². The van der Waals surface area contributed by atoms with E-state index in [1.54, 1.807) is 30.7 Å². The summed E-state index contributed by atoms with van der Waals surface area (Å²) in [5.41, 5.74) is 3.95. The average molecular weight is 553 g/mol. The first-order valence-electron chi connectivity index (χ1n) is 12.9. The molecule has 8 nitrogen and oxygen atoms in total. The van der Waals surface area contributed by atoms with Gasteiger partial charge >= 0.3 is 5.91 Å². The van der Waals surface area contributed by atoms with Crippen molar-refractivity contribution >= 4 is 49.8 Å². The molecule has 40 heavy (non-hydrogen) atoms. The lowest BCUT2D eigenvalue weighted by atomic mass is 9.85. The van der Waals surface area contributed by atoms with E-state index in [2.05, 4.69) is 25.8 Å². The van der Waals surface area contributed by atoms with E-state index in [0.717, 1.165) is 10.3 Å². The molecule has 0 aliphatic carbocycles. The number of methoxy groups -OCH3 is 1. The summed E-state index contributed by atoms with van der Waals surface area (Å²) >= 11 is 1.29. The molecule has 9 heteroatoms. The van der Waals surface area contributed by atoms with Gasteiger partial charge in [0.05, 0.1) is 34.6 Å². The number of aromatic nitrogens is 3. The zero-order valence-corrected chi connectivity index (χ0v) is 23.6. The molecular weight excluding hydrogens is 524 g/mol. The number of ketones is 1. The molecule has 3 aromatic heterocycles. The van der Waals surface area contributed by atoms with E-state index in [0.29, 0.717) is 39.0 Å². The van der Waals surface area contributed by atoms with Crippen molar-refractivity contribution in [2.45, 2.75) is 39.2 Å². The number of aliphatic hydroxyl groups excluding tert-OH is 1. The van der Waals surface area contributed by atoms with Crippen molar-refractivity contribution in [1.82, 2.24) is 14.4 Å². The number of amides is 1. The first-order valence-corrected chi connectivity index (χ1v) is 13.7. The predicted molar refractivity (Wildman–Crippen MR) is 156 cm³/mol. The van der Waals surface area contributed by atoms with E-state index in [-0.39, 0.29) is 16.7 Å². The number of carbonyl (C=O) groups excluding carboxylic acids is 2. The minimum atomic E-state index is -0.884. The molecule has 202 valence electrons. The normalized spacial score (nSPS) is 17.3. The number of nitrogens with zero attached hydrogens (tertiary/aromatic N) is 4. The molecule has 2 aromatic carbocycles. The van der Waals surface area contributed by atoms with Crippen LogP contribution in [0.4, 0.5) is 5.13 Å². The smallest absolute Gasteiger partial charge is 0.301 e. The Balaban J connectivity index is 1.58. The van der Waals surface area contributed by atoms with Crippen LogP contribution >= 0.6 is 11.3 Å². The van der Waals surface area contributed by atoms with E-state index >= 15 is 0 Å². The molecule has 5 aromatic rings. The Kier molecular flexibility index (Phi) is 5.99. The van der Waals surface area contributed by atoms with Gasteiger partial charge in [0.25, 0.3) is 5.78 Å². The molecule has 1 N–H and O–H groups in total. The first-order chi connectivity index (χ1) is 19.1. The molecule has 1 unspecified atom stereocenters. The van der Waals surface area contributed by atoms with Crippen LogP contribution in [-0.2, 0) is 15.0 Å². The van der Waals surface area contributed by atoms with Gasteiger partial charge in [-0.2, -0.15) is 0 Å². The first kappa shape index (κ1) is 25.8. The second-order valence-corrected chi connectivity index (χ2v) is 11.9. The number of hydrogen-bond acceptors (Lipinski definition) is 7. The number of fused-ring (bicyclic) bond motifs is 2. The number of carbonyl (C=O) groups is 2. The molecule has 1 fully saturated rings. The second kappa shape index (κ2) is 9.31. The number of ether oxygens (including phenoxy) is 1. The number of benzene rings is 2. The molecule has 1 atom stereocenters. The zero-order chi connectivity index (χ0) is 28.3. The Morgan fingerprint density at radius 1 is 1.02 bits per heavy atom. The average Bonchev–Trinajstić information content (AvgIpc) is 3.58. The summed E-state index contributed by atoms with van der Waals surface area (Å²) in [5.74, 6) is -1.12. The summed E-state index contributed by atoms with van der Waals surface area (Å²) in [5, 5.41) is 12.1. The standard InChI is InChI=1S/C31H28N4O4S/c1-17-25(34-15-7-6-8-23(34)32-17)27(36)24-26(18-9-11-19(12-10-18)31(2,3)4)35(29(38)28(24)37)30-33-21-14-13-20(39-5)16-22(21)40-30/h6-16,26,36H,1-5H3/b27-24+. The number of thiazole rings is 1. The maximum atomic E-state index is 13.7. The highest BCUT2D eigenvalue weighted by Gasteiger charge is 2.48. The van der Waals surface area contributed by atoms with Gasteiger partial charge in [-0.05, 0) is 53.8 Å². The van der Waals surface area contributed by atoms with Crippen LogP contribution in [0.3, 0.4) is 0 Å². The molecule has 6 rings (SSSR count). The monoisotopic (exact) mass is 552 g/mol. The number of rotatable bonds is 4. The van der Waals surface area contributed by atoms with E-state index < -0.39 is 17.7 Å². The quantitative estimate of drug-likeness (QED) is 0.162. The maximum absolute atomic E-state index is 13.7. The van der Waals surface area contributed by atoms with Gasteiger partial charge < -0.3 is 9.84 Å². The van der Waals surface area contributed by atoms with Crippen molar-refractivity contribution < 1.29 is 19.4 Å². The van der Waals surface area contributed by atoms with Crippen molar-refractivity contribution in [1.29, 1.82) is 0 Å². The fourth-order valence-corrected chi connectivity index (χ4v) is 6.18. The second-order valence-electron chi connectivity index (χ2n) is 10.8. The van der Waals surface area contributed by atoms with Crippen LogP contribution in [0.2, 0.25) is 0 Å².